The summed E-state index contributed by atoms with van der Waals surface area (Å²) in [4.78, 5) is 25.7. The van der Waals surface area contributed by atoms with Crippen molar-refractivity contribution in [3.8, 4) is 0 Å². The SMILES string of the molecule is CCNC(=O)CN(CC)CC(=O)N[C@H](CC)c1ccc(Br)cc1. The Balaban J connectivity index is 2.58. The Bertz CT molecular complexity index is 505. The number of amides is 2. The third kappa shape index (κ3) is 7.14. The van der Waals surface area contributed by atoms with Crippen LogP contribution in [0.25, 0.3) is 0 Å². The number of likely N-dealkylation sites (N-methyl/N-ethyl adjacent to an activating group) is 2. The van der Waals surface area contributed by atoms with Crippen molar-refractivity contribution in [2.24, 2.45) is 0 Å². The van der Waals surface area contributed by atoms with Crippen LogP contribution in [-0.4, -0.2) is 42.9 Å². The van der Waals surface area contributed by atoms with Crippen LogP contribution in [-0.2, 0) is 9.59 Å². The van der Waals surface area contributed by atoms with Crippen molar-refractivity contribution in [2.45, 2.75) is 33.2 Å². The number of nitrogens with zero attached hydrogens (tertiary/aromatic N) is 1. The van der Waals surface area contributed by atoms with Gasteiger partial charge in [-0.1, -0.05) is 41.9 Å². The Morgan fingerprint density at radius 1 is 1.09 bits per heavy atom. The molecule has 1 aromatic rings. The van der Waals surface area contributed by atoms with Crippen molar-refractivity contribution in [2.75, 3.05) is 26.2 Å². The van der Waals surface area contributed by atoms with E-state index in [-0.39, 0.29) is 30.9 Å². The standard InChI is InChI=1S/C17H26BrN3O2/c1-4-15(13-7-9-14(18)10-8-13)20-17(23)12-21(6-3)11-16(22)19-5-2/h7-10,15H,4-6,11-12H2,1-3H3,(H,19,22)(H,20,23)/t15-/m1/s1. The number of carbonyl (C=O) groups is 2. The van der Waals surface area contributed by atoms with Gasteiger partial charge in [0.15, 0.2) is 0 Å². The van der Waals surface area contributed by atoms with E-state index in [9.17, 15) is 9.59 Å². The van der Waals surface area contributed by atoms with E-state index in [1.54, 1.807) is 0 Å². The van der Waals surface area contributed by atoms with Gasteiger partial charge in [0.1, 0.15) is 0 Å². The van der Waals surface area contributed by atoms with Crippen LogP contribution in [0.1, 0.15) is 38.8 Å². The minimum atomic E-state index is -0.0640. The highest BCUT2D eigenvalue weighted by Crippen LogP contribution is 2.19. The maximum Gasteiger partial charge on any atom is 0.234 e. The lowest BCUT2D eigenvalue weighted by Gasteiger charge is -2.22. The second kappa shape index (κ2) is 10.4. The van der Waals surface area contributed by atoms with Crippen LogP contribution in [0.3, 0.4) is 0 Å². The Morgan fingerprint density at radius 3 is 2.22 bits per heavy atom. The molecule has 128 valence electrons. The largest absolute Gasteiger partial charge is 0.355 e. The zero-order valence-electron chi connectivity index (χ0n) is 14.1. The monoisotopic (exact) mass is 383 g/mol. The molecule has 1 rings (SSSR count). The van der Waals surface area contributed by atoms with Crippen LogP contribution < -0.4 is 10.6 Å². The molecule has 2 N–H and O–H groups in total. The molecule has 0 unspecified atom stereocenters. The second-order valence-electron chi connectivity index (χ2n) is 5.34. The molecule has 0 radical (unpaired) electrons. The fourth-order valence-corrected chi connectivity index (χ4v) is 2.56. The summed E-state index contributed by atoms with van der Waals surface area (Å²) in [6, 6.07) is 7.93. The first-order valence-electron chi connectivity index (χ1n) is 8.03. The van der Waals surface area contributed by atoms with E-state index in [0.29, 0.717) is 13.1 Å². The lowest BCUT2D eigenvalue weighted by molar-refractivity contribution is -0.125. The molecular weight excluding hydrogens is 358 g/mol. The highest BCUT2D eigenvalue weighted by atomic mass is 79.9. The summed E-state index contributed by atoms with van der Waals surface area (Å²) in [6.07, 6.45) is 0.815. The molecule has 0 saturated heterocycles. The quantitative estimate of drug-likeness (QED) is 0.688. The van der Waals surface area contributed by atoms with E-state index in [2.05, 4.69) is 26.6 Å². The number of rotatable bonds is 9. The van der Waals surface area contributed by atoms with Gasteiger partial charge in [0.05, 0.1) is 19.1 Å². The van der Waals surface area contributed by atoms with E-state index in [0.717, 1.165) is 16.5 Å². The van der Waals surface area contributed by atoms with Crippen molar-refractivity contribution in [3.63, 3.8) is 0 Å². The molecular formula is C17H26BrN3O2. The predicted molar refractivity (Wildman–Crippen MR) is 96.1 cm³/mol. The van der Waals surface area contributed by atoms with Gasteiger partial charge in [-0.3, -0.25) is 14.5 Å². The van der Waals surface area contributed by atoms with E-state index in [4.69, 9.17) is 0 Å². The number of nitrogens with one attached hydrogen (secondary N) is 2. The van der Waals surface area contributed by atoms with Crippen LogP contribution in [0, 0.1) is 0 Å². The predicted octanol–water partition coefficient (Wildman–Crippen LogP) is 2.47. The van der Waals surface area contributed by atoms with Crippen LogP contribution in [0.4, 0.5) is 0 Å². The van der Waals surface area contributed by atoms with Gasteiger partial charge in [-0.05, 0) is 37.6 Å². The lowest BCUT2D eigenvalue weighted by atomic mass is 10.0. The van der Waals surface area contributed by atoms with E-state index < -0.39 is 0 Å². The van der Waals surface area contributed by atoms with Crippen LogP contribution >= 0.6 is 15.9 Å². The Hall–Kier alpha value is -1.40. The van der Waals surface area contributed by atoms with E-state index >= 15 is 0 Å². The maximum atomic E-state index is 12.3. The molecule has 0 heterocycles. The zero-order valence-corrected chi connectivity index (χ0v) is 15.6. The molecule has 1 aromatic carbocycles. The smallest absolute Gasteiger partial charge is 0.234 e. The Kier molecular flexibility index (Phi) is 8.87. The van der Waals surface area contributed by atoms with Gasteiger partial charge in [0.25, 0.3) is 0 Å². The number of carbonyl (C=O) groups excluding carboxylic acids is 2. The first-order valence-corrected chi connectivity index (χ1v) is 8.83. The van der Waals surface area contributed by atoms with Gasteiger partial charge < -0.3 is 10.6 Å². The first kappa shape index (κ1) is 19.6. The van der Waals surface area contributed by atoms with Crippen molar-refractivity contribution >= 4 is 27.7 Å². The molecule has 0 aliphatic carbocycles. The van der Waals surface area contributed by atoms with Crippen molar-refractivity contribution in [1.29, 1.82) is 0 Å². The minimum absolute atomic E-state index is 0.0150. The number of hydrogen-bond acceptors (Lipinski definition) is 3. The summed E-state index contributed by atoms with van der Waals surface area (Å²) in [5.74, 6) is -0.118. The van der Waals surface area contributed by atoms with Crippen LogP contribution in [0.2, 0.25) is 0 Å². The summed E-state index contributed by atoms with van der Waals surface area (Å²) < 4.78 is 1.02. The maximum absolute atomic E-state index is 12.3. The summed E-state index contributed by atoms with van der Waals surface area (Å²) in [6.45, 7) is 7.58. The molecule has 6 heteroatoms. The highest BCUT2D eigenvalue weighted by Gasteiger charge is 2.16. The molecule has 5 nitrogen and oxygen atoms in total. The number of benzene rings is 1. The van der Waals surface area contributed by atoms with Crippen molar-refractivity contribution in [3.05, 3.63) is 34.3 Å². The third-order valence-electron chi connectivity index (χ3n) is 3.57. The summed E-state index contributed by atoms with van der Waals surface area (Å²) in [5, 5.41) is 5.79. The molecule has 23 heavy (non-hydrogen) atoms. The third-order valence-corrected chi connectivity index (χ3v) is 4.10. The topological polar surface area (TPSA) is 61.4 Å². The fraction of sp³-hybridized carbons (Fsp3) is 0.529. The van der Waals surface area contributed by atoms with Crippen LogP contribution in [0.15, 0.2) is 28.7 Å². The molecule has 0 saturated carbocycles. The van der Waals surface area contributed by atoms with Crippen molar-refractivity contribution < 1.29 is 9.59 Å². The number of hydrogen-bond donors (Lipinski definition) is 2. The second-order valence-corrected chi connectivity index (χ2v) is 6.25. The van der Waals surface area contributed by atoms with Crippen LogP contribution in [0.5, 0.6) is 0 Å². The first-order chi connectivity index (χ1) is 11.0. The zero-order chi connectivity index (χ0) is 17.2. The molecule has 0 aliphatic heterocycles. The number of halogens is 1. The average molecular weight is 384 g/mol. The summed E-state index contributed by atoms with van der Waals surface area (Å²) >= 11 is 3.41. The van der Waals surface area contributed by atoms with Gasteiger partial charge in [-0.25, -0.2) is 0 Å². The molecule has 0 fully saturated rings. The normalized spacial score (nSPS) is 12.0. The van der Waals surface area contributed by atoms with Gasteiger partial charge in [-0.2, -0.15) is 0 Å². The molecule has 2 amide bonds. The van der Waals surface area contributed by atoms with Crippen molar-refractivity contribution in [1.82, 2.24) is 15.5 Å². The molecule has 0 spiro atoms. The molecule has 0 aliphatic rings. The summed E-state index contributed by atoms with van der Waals surface area (Å²) in [5.41, 5.74) is 1.08. The Labute approximate surface area is 146 Å². The average Bonchev–Trinajstić information content (AvgIpc) is 2.53. The summed E-state index contributed by atoms with van der Waals surface area (Å²) in [7, 11) is 0. The fourth-order valence-electron chi connectivity index (χ4n) is 2.29. The Morgan fingerprint density at radius 2 is 1.70 bits per heavy atom. The lowest BCUT2D eigenvalue weighted by Crippen LogP contribution is -2.43. The van der Waals surface area contributed by atoms with Gasteiger partial charge >= 0.3 is 0 Å². The van der Waals surface area contributed by atoms with E-state index in [1.165, 1.54) is 0 Å². The van der Waals surface area contributed by atoms with Gasteiger partial charge in [0, 0.05) is 11.0 Å². The van der Waals surface area contributed by atoms with E-state index in [1.807, 2.05) is 49.9 Å². The highest BCUT2D eigenvalue weighted by molar-refractivity contribution is 9.10. The minimum Gasteiger partial charge on any atom is -0.355 e. The van der Waals surface area contributed by atoms with Gasteiger partial charge in [-0.15, -0.1) is 0 Å². The van der Waals surface area contributed by atoms with Gasteiger partial charge in [0.2, 0.25) is 11.8 Å². The molecule has 1 atom stereocenters. The molecule has 0 aromatic heterocycles. The molecule has 0 bridgehead atoms.